The molecule has 5 heteroatoms. The van der Waals surface area contributed by atoms with Crippen LogP contribution >= 0.6 is 0 Å². The highest BCUT2D eigenvalue weighted by atomic mass is 16.7. The summed E-state index contributed by atoms with van der Waals surface area (Å²) in [6.45, 7) is 0. The molecule has 0 aromatic heterocycles. The van der Waals surface area contributed by atoms with Gasteiger partial charge >= 0.3 is 5.97 Å². The van der Waals surface area contributed by atoms with Crippen LogP contribution in [0.2, 0.25) is 0 Å². The molecule has 2 amide bonds. The third-order valence-corrected chi connectivity index (χ3v) is 4.73. The molecule has 0 spiro atoms. The van der Waals surface area contributed by atoms with E-state index in [1.54, 1.807) is 24.3 Å². The van der Waals surface area contributed by atoms with E-state index in [2.05, 4.69) is 0 Å². The topological polar surface area (TPSA) is 63.7 Å². The number of amides is 2. The summed E-state index contributed by atoms with van der Waals surface area (Å²) in [7, 11) is 0. The van der Waals surface area contributed by atoms with Crippen molar-refractivity contribution in [2.75, 3.05) is 0 Å². The molecular weight excluding hydrogens is 270 g/mol. The lowest BCUT2D eigenvalue weighted by molar-refractivity contribution is -0.178. The lowest BCUT2D eigenvalue weighted by Gasteiger charge is -2.33. The first-order valence-electron chi connectivity index (χ1n) is 7.35. The van der Waals surface area contributed by atoms with Crippen LogP contribution in [0, 0.1) is 17.8 Å². The monoisotopic (exact) mass is 285 g/mol. The van der Waals surface area contributed by atoms with Crippen molar-refractivity contribution in [3.63, 3.8) is 0 Å². The second-order valence-corrected chi connectivity index (χ2v) is 6.13. The predicted molar refractivity (Wildman–Crippen MR) is 72.0 cm³/mol. The van der Waals surface area contributed by atoms with Gasteiger partial charge in [0.1, 0.15) is 0 Å². The van der Waals surface area contributed by atoms with Gasteiger partial charge in [-0.15, -0.1) is 0 Å². The maximum atomic E-state index is 12.1. The number of benzene rings is 1. The minimum Gasteiger partial charge on any atom is -0.329 e. The molecule has 0 atom stereocenters. The predicted octanol–water partition coefficient (Wildman–Crippen LogP) is 2.18. The molecule has 1 heterocycles. The van der Waals surface area contributed by atoms with Gasteiger partial charge in [-0.2, -0.15) is 0 Å². The van der Waals surface area contributed by atoms with E-state index in [9.17, 15) is 14.4 Å². The highest BCUT2D eigenvalue weighted by molar-refractivity contribution is 6.20. The first-order valence-corrected chi connectivity index (χ1v) is 7.35. The molecule has 5 nitrogen and oxygen atoms in total. The first kappa shape index (κ1) is 12.6. The third-order valence-electron chi connectivity index (χ3n) is 4.73. The quantitative estimate of drug-likeness (QED) is 0.798. The highest BCUT2D eigenvalue weighted by Gasteiger charge is 2.46. The second kappa shape index (κ2) is 4.41. The van der Waals surface area contributed by atoms with Crippen LogP contribution < -0.4 is 0 Å². The molecule has 2 fully saturated rings. The summed E-state index contributed by atoms with van der Waals surface area (Å²) in [5, 5.41) is 0.609. The molecule has 0 unspecified atom stereocenters. The Labute approximate surface area is 121 Å². The van der Waals surface area contributed by atoms with Gasteiger partial charge in [0.05, 0.1) is 17.0 Å². The molecule has 0 radical (unpaired) electrons. The van der Waals surface area contributed by atoms with Crippen LogP contribution in [0.1, 0.15) is 46.4 Å². The zero-order valence-corrected chi connectivity index (χ0v) is 11.5. The smallest absolute Gasteiger partial charge is 0.329 e. The number of carbonyl (C=O) groups excluding carboxylic acids is 3. The first-order chi connectivity index (χ1) is 10.1. The van der Waals surface area contributed by atoms with Crippen LogP contribution in [0.5, 0.6) is 0 Å². The Kier molecular flexibility index (Phi) is 2.64. The van der Waals surface area contributed by atoms with Gasteiger partial charge < -0.3 is 4.84 Å². The Morgan fingerprint density at radius 1 is 1.00 bits per heavy atom. The molecule has 21 heavy (non-hydrogen) atoms. The van der Waals surface area contributed by atoms with Gasteiger partial charge in [-0.05, 0) is 49.7 Å². The fraction of sp³-hybridized carbons (Fsp3) is 0.438. The van der Waals surface area contributed by atoms with Gasteiger partial charge in [-0.3, -0.25) is 9.59 Å². The molecule has 1 aromatic carbocycles. The number of hydroxylamine groups is 2. The molecule has 0 N–H and O–H groups in total. The summed E-state index contributed by atoms with van der Waals surface area (Å²) in [5.41, 5.74) is 0.583. The fourth-order valence-corrected chi connectivity index (χ4v) is 3.22. The maximum absolute atomic E-state index is 12.1. The van der Waals surface area contributed by atoms with Crippen molar-refractivity contribution >= 4 is 17.8 Å². The normalized spacial score (nSPS) is 27.3. The molecule has 0 saturated heterocycles. The molecule has 3 aliphatic rings. The van der Waals surface area contributed by atoms with Crippen molar-refractivity contribution in [1.29, 1.82) is 0 Å². The van der Waals surface area contributed by atoms with Crippen molar-refractivity contribution in [3.05, 3.63) is 35.4 Å². The molecular formula is C16H15NO4. The summed E-state index contributed by atoms with van der Waals surface area (Å²) in [6.07, 6.45) is 4.19. The third kappa shape index (κ3) is 1.95. The van der Waals surface area contributed by atoms with E-state index in [1.807, 2.05) is 0 Å². The van der Waals surface area contributed by atoms with Gasteiger partial charge in [0.2, 0.25) is 0 Å². The minimum absolute atomic E-state index is 0.167. The van der Waals surface area contributed by atoms with Crippen LogP contribution in [0.3, 0.4) is 0 Å². The lowest BCUT2D eigenvalue weighted by Crippen LogP contribution is -2.39. The van der Waals surface area contributed by atoms with Crippen LogP contribution in [0.15, 0.2) is 24.3 Å². The number of imide groups is 1. The molecule has 1 aromatic rings. The van der Waals surface area contributed by atoms with Gasteiger partial charge in [0.25, 0.3) is 11.8 Å². The molecule has 1 aliphatic heterocycles. The average Bonchev–Trinajstić information content (AvgIpc) is 3.23. The Morgan fingerprint density at radius 2 is 1.57 bits per heavy atom. The van der Waals surface area contributed by atoms with E-state index >= 15 is 0 Å². The molecule has 4 rings (SSSR count). The van der Waals surface area contributed by atoms with E-state index in [1.165, 1.54) is 12.8 Å². The van der Waals surface area contributed by atoms with Crippen LogP contribution in [-0.2, 0) is 9.63 Å². The summed E-state index contributed by atoms with van der Waals surface area (Å²) in [6, 6.07) is 6.49. The number of rotatable bonds is 3. The van der Waals surface area contributed by atoms with Crippen LogP contribution in [-0.4, -0.2) is 22.8 Å². The van der Waals surface area contributed by atoms with Crippen molar-refractivity contribution in [3.8, 4) is 0 Å². The number of nitrogens with zero attached hydrogens (tertiary/aromatic N) is 1. The van der Waals surface area contributed by atoms with Gasteiger partial charge in [0, 0.05) is 0 Å². The Morgan fingerprint density at radius 3 is 2.10 bits per heavy atom. The second-order valence-electron chi connectivity index (χ2n) is 6.13. The van der Waals surface area contributed by atoms with E-state index in [4.69, 9.17) is 4.84 Å². The van der Waals surface area contributed by atoms with Gasteiger partial charge in [-0.1, -0.05) is 17.2 Å². The summed E-state index contributed by atoms with van der Waals surface area (Å²) in [4.78, 5) is 41.3. The molecule has 108 valence electrons. The Balaban J connectivity index is 1.43. The zero-order chi connectivity index (χ0) is 14.6. The molecule has 2 saturated carbocycles. The number of carbonyl (C=O) groups is 3. The van der Waals surface area contributed by atoms with Crippen molar-refractivity contribution in [1.82, 2.24) is 5.06 Å². The zero-order valence-electron chi connectivity index (χ0n) is 11.5. The summed E-state index contributed by atoms with van der Waals surface area (Å²) >= 11 is 0. The highest BCUT2D eigenvalue weighted by Crippen LogP contribution is 2.49. The fourth-order valence-electron chi connectivity index (χ4n) is 3.22. The number of hydrogen-bond acceptors (Lipinski definition) is 4. The van der Waals surface area contributed by atoms with E-state index < -0.39 is 17.8 Å². The average molecular weight is 285 g/mol. The van der Waals surface area contributed by atoms with Gasteiger partial charge in [0.15, 0.2) is 0 Å². The largest absolute Gasteiger partial charge is 0.336 e. The standard InChI is InChI=1S/C16H15NO4/c18-14-12-3-1-2-4-13(12)15(19)17(14)21-16(20)11-7-10(8-11)9-5-6-9/h1-4,9-11H,5-8H2. The van der Waals surface area contributed by atoms with Crippen molar-refractivity contribution in [2.24, 2.45) is 17.8 Å². The number of fused-ring (bicyclic) bond motifs is 1. The summed E-state index contributed by atoms with van der Waals surface area (Å²) < 4.78 is 0. The Bertz CT molecular complexity index is 608. The SMILES string of the molecule is O=C(ON1C(=O)c2ccccc2C1=O)C1CC(C2CC2)C1. The van der Waals surface area contributed by atoms with E-state index in [0.29, 0.717) is 22.1 Å². The Hall–Kier alpha value is -2.17. The van der Waals surface area contributed by atoms with E-state index in [-0.39, 0.29) is 5.92 Å². The number of hydrogen-bond donors (Lipinski definition) is 0. The maximum Gasteiger partial charge on any atom is 0.336 e. The lowest BCUT2D eigenvalue weighted by atomic mass is 9.72. The molecule has 0 bridgehead atoms. The van der Waals surface area contributed by atoms with Gasteiger partial charge in [-0.25, -0.2) is 4.79 Å². The van der Waals surface area contributed by atoms with Crippen molar-refractivity contribution in [2.45, 2.75) is 25.7 Å². The van der Waals surface area contributed by atoms with Crippen molar-refractivity contribution < 1.29 is 19.2 Å². The molecule has 2 aliphatic carbocycles. The summed E-state index contributed by atoms with van der Waals surface area (Å²) in [5.74, 6) is -0.316. The van der Waals surface area contributed by atoms with Crippen LogP contribution in [0.4, 0.5) is 0 Å². The van der Waals surface area contributed by atoms with Crippen LogP contribution in [0.25, 0.3) is 0 Å². The minimum atomic E-state index is -0.554. The van der Waals surface area contributed by atoms with E-state index in [0.717, 1.165) is 18.8 Å².